The number of aliphatic carboxylic acids is 1. The molecule has 0 unspecified atom stereocenters. The highest BCUT2D eigenvalue weighted by Crippen LogP contribution is 2.37. The van der Waals surface area contributed by atoms with Crippen LogP contribution in [0.3, 0.4) is 0 Å². The molecule has 7 heteroatoms. The van der Waals surface area contributed by atoms with Crippen LogP contribution in [-0.4, -0.2) is 52.9 Å². The number of fused-ring (bicyclic) bond motifs is 2. The van der Waals surface area contributed by atoms with Gasteiger partial charge in [-0.05, 0) is 25.7 Å². The average molecular weight is 242 g/mol. The first kappa shape index (κ1) is 12.8. The molecule has 0 aliphatic carbocycles. The van der Waals surface area contributed by atoms with Gasteiger partial charge in [0.25, 0.3) is 0 Å². The summed E-state index contributed by atoms with van der Waals surface area (Å²) in [7, 11) is -1.29. The van der Waals surface area contributed by atoms with Crippen molar-refractivity contribution in [1.82, 2.24) is 10.6 Å². The molecule has 3 atom stereocenters. The van der Waals surface area contributed by atoms with Crippen LogP contribution < -0.4 is 10.6 Å². The Morgan fingerprint density at radius 3 is 2.88 bits per heavy atom. The standard InChI is InChI=1S/C10H19BN2O4/c14-9(15)10-3-5-12-8(6-13-10)7(10)2-1-4-11(16)17/h7-8,12-13,16-17H,1-6H2,(H,14,15)/t7-,8+,10+/m1/s1. The van der Waals surface area contributed by atoms with Gasteiger partial charge in [0.15, 0.2) is 0 Å². The molecule has 0 aromatic carbocycles. The molecular weight excluding hydrogens is 223 g/mol. The summed E-state index contributed by atoms with van der Waals surface area (Å²) >= 11 is 0. The maximum atomic E-state index is 11.5. The molecule has 0 radical (unpaired) electrons. The lowest BCUT2D eigenvalue weighted by molar-refractivity contribution is -0.147. The number of nitrogens with one attached hydrogen (secondary N) is 2. The summed E-state index contributed by atoms with van der Waals surface area (Å²) in [6, 6.07) is 0.190. The summed E-state index contributed by atoms with van der Waals surface area (Å²) in [6.45, 7) is 1.40. The highest BCUT2D eigenvalue weighted by molar-refractivity contribution is 6.40. The molecule has 5 N–H and O–H groups in total. The van der Waals surface area contributed by atoms with E-state index in [2.05, 4.69) is 10.6 Å². The van der Waals surface area contributed by atoms with Crippen molar-refractivity contribution < 1.29 is 19.9 Å². The number of piperidine rings is 1. The van der Waals surface area contributed by atoms with Crippen LogP contribution in [0.5, 0.6) is 0 Å². The van der Waals surface area contributed by atoms with Gasteiger partial charge in [-0.3, -0.25) is 10.1 Å². The number of carboxylic acids is 1. The highest BCUT2D eigenvalue weighted by atomic mass is 16.4. The molecule has 2 aliphatic heterocycles. The van der Waals surface area contributed by atoms with Crippen molar-refractivity contribution in [2.75, 3.05) is 13.1 Å². The van der Waals surface area contributed by atoms with E-state index in [0.29, 0.717) is 32.1 Å². The van der Waals surface area contributed by atoms with Gasteiger partial charge in [0.2, 0.25) is 0 Å². The van der Waals surface area contributed by atoms with E-state index in [1.165, 1.54) is 0 Å². The third kappa shape index (κ3) is 2.33. The van der Waals surface area contributed by atoms with E-state index < -0.39 is 18.6 Å². The molecule has 2 heterocycles. The zero-order chi connectivity index (χ0) is 12.5. The zero-order valence-corrected chi connectivity index (χ0v) is 9.72. The molecule has 0 amide bonds. The Hall–Kier alpha value is -0.625. The van der Waals surface area contributed by atoms with Gasteiger partial charge in [-0.1, -0.05) is 6.42 Å². The van der Waals surface area contributed by atoms with Crippen molar-refractivity contribution in [3.05, 3.63) is 0 Å². The van der Waals surface area contributed by atoms with E-state index >= 15 is 0 Å². The fraction of sp³-hybridized carbons (Fsp3) is 0.900. The van der Waals surface area contributed by atoms with Gasteiger partial charge in [-0.15, -0.1) is 0 Å². The quantitative estimate of drug-likeness (QED) is 0.382. The maximum absolute atomic E-state index is 11.5. The van der Waals surface area contributed by atoms with E-state index in [1.807, 2.05) is 0 Å². The lowest BCUT2D eigenvalue weighted by atomic mass is 9.73. The number of hydrogen-bond donors (Lipinski definition) is 5. The van der Waals surface area contributed by atoms with Crippen LogP contribution in [0.4, 0.5) is 0 Å². The molecule has 2 bridgehead atoms. The Kier molecular flexibility index (Phi) is 3.72. The van der Waals surface area contributed by atoms with E-state index in [1.54, 1.807) is 0 Å². The highest BCUT2D eigenvalue weighted by Gasteiger charge is 2.55. The van der Waals surface area contributed by atoms with E-state index in [0.717, 1.165) is 6.54 Å². The van der Waals surface area contributed by atoms with Crippen molar-refractivity contribution in [3.8, 4) is 0 Å². The molecule has 0 spiro atoms. The first-order chi connectivity index (χ1) is 8.06. The minimum Gasteiger partial charge on any atom is -0.480 e. The largest absolute Gasteiger partial charge is 0.480 e. The van der Waals surface area contributed by atoms with Crippen LogP contribution >= 0.6 is 0 Å². The topological polar surface area (TPSA) is 102 Å². The summed E-state index contributed by atoms with van der Waals surface area (Å²) in [5, 5.41) is 33.5. The van der Waals surface area contributed by atoms with Crippen molar-refractivity contribution >= 4 is 13.1 Å². The third-order valence-corrected chi connectivity index (χ3v) is 4.04. The number of hydrogen-bond acceptors (Lipinski definition) is 5. The summed E-state index contributed by atoms with van der Waals surface area (Å²) < 4.78 is 0. The second kappa shape index (κ2) is 4.93. The molecule has 0 saturated carbocycles. The molecule has 2 rings (SSSR count). The Balaban J connectivity index is 2.01. The molecule has 96 valence electrons. The Labute approximate surface area is 101 Å². The summed E-state index contributed by atoms with van der Waals surface area (Å²) in [6.07, 6.45) is 2.23. The molecule has 6 nitrogen and oxygen atoms in total. The molecular formula is C10H19BN2O4. The van der Waals surface area contributed by atoms with Crippen LogP contribution in [0.25, 0.3) is 0 Å². The molecule has 17 heavy (non-hydrogen) atoms. The zero-order valence-electron chi connectivity index (χ0n) is 9.72. The van der Waals surface area contributed by atoms with E-state index in [4.69, 9.17) is 10.0 Å². The van der Waals surface area contributed by atoms with E-state index in [-0.39, 0.29) is 12.0 Å². The molecule has 0 aromatic rings. The van der Waals surface area contributed by atoms with Gasteiger partial charge in [0.05, 0.1) is 0 Å². The van der Waals surface area contributed by atoms with Gasteiger partial charge in [-0.25, -0.2) is 0 Å². The number of carbonyl (C=O) groups is 1. The SMILES string of the molecule is O=C(O)[C@@]12CCN[C@@H](CN1)[C@H]2CCCB(O)O. The fourth-order valence-corrected chi connectivity index (χ4v) is 3.16. The van der Waals surface area contributed by atoms with Crippen LogP contribution in [-0.2, 0) is 4.79 Å². The predicted octanol–water partition coefficient (Wildman–Crippen LogP) is -1.36. The minimum atomic E-state index is -1.29. The summed E-state index contributed by atoms with van der Waals surface area (Å²) in [5.74, 6) is -0.747. The first-order valence-electron chi connectivity index (χ1n) is 6.14. The average Bonchev–Trinajstić information content (AvgIpc) is 2.47. The van der Waals surface area contributed by atoms with Crippen molar-refractivity contribution in [1.29, 1.82) is 0 Å². The Bertz CT molecular complexity index is 298. The third-order valence-electron chi connectivity index (χ3n) is 4.04. The van der Waals surface area contributed by atoms with Crippen molar-refractivity contribution in [3.63, 3.8) is 0 Å². The first-order valence-corrected chi connectivity index (χ1v) is 6.14. The normalized spacial score (nSPS) is 35.9. The van der Waals surface area contributed by atoms with Crippen LogP contribution in [0, 0.1) is 5.92 Å². The van der Waals surface area contributed by atoms with Crippen LogP contribution in [0.1, 0.15) is 19.3 Å². The summed E-state index contributed by atoms with van der Waals surface area (Å²) in [5.41, 5.74) is -0.809. The van der Waals surface area contributed by atoms with Gasteiger partial charge in [0.1, 0.15) is 5.54 Å². The Morgan fingerprint density at radius 1 is 1.47 bits per heavy atom. The molecule has 2 saturated heterocycles. The number of rotatable bonds is 5. The van der Waals surface area contributed by atoms with Crippen LogP contribution in [0.2, 0.25) is 6.32 Å². The second-order valence-corrected chi connectivity index (χ2v) is 4.99. The lowest BCUT2D eigenvalue weighted by Gasteiger charge is -2.37. The Morgan fingerprint density at radius 2 is 2.24 bits per heavy atom. The monoisotopic (exact) mass is 242 g/mol. The van der Waals surface area contributed by atoms with Crippen molar-refractivity contribution in [2.24, 2.45) is 5.92 Å². The maximum Gasteiger partial charge on any atom is 0.451 e. The van der Waals surface area contributed by atoms with Gasteiger partial charge in [0, 0.05) is 18.5 Å². The lowest BCUT2D eigenvalue weighted by Crippen LogP contribution is -2.58. The smallest absolute Gasteiger partial charge is 0.451 e. The van der Waals surface area contributed by atoms with Crippen molar-refractivity contribution in [2.45, 2.75) is 37.2 Å². The predicted molar refractivity (Wildman–Crippen MR) is 62.5 cm³/mol. The van der Waals surface area contributed by atoms with Gasteiger partial charge >= 0.3 is 13.1 Å². The van der Waals surface area contributed by atoms with Gasteiger partial charge < -0.3 is 20.5 Å². The minimum absolute atomic E-state index is 0.0347. The molecule has 2 fully saturated rings. The van der Waals surface area contributed by atoms with Gasteiger partial charge in [-0.2, -0.15) is 0 Å². The van der Waals surface area contributed by atoms with E-state index in [9.17, 15) is 9.90 Å². The fourth-order valence-electron chi connectivity index (χ4n) is 3.16. The molecule has 2 aliphatic rings. The van der Waals surface area contributed by atoms with Crippen LogP contribution in [0.15, 0.2) is 0 Å². The second-order valence-electron chi connectivity index (χ2n) is 4.99. The molecule has 0 aromatic heterocycles. The summed E-state index contributed by atoms with van der Waals surface area (Å²) in [4.78, 5) is 11.5. The number of carboxylic acid groups (broad SMARTS) is 1.